The Hall–Kier alpha value is -3.32. The van der Waals surface area contributed by atoms with E-state index in [0.717, 1.165) is 46.8 Å². The van der Waals surface area contributed by atoms with Gasteiger partial charge in [0.25, 0.3) is 5.91 Å². The van der Waals surface area contributed by atoms with Crippen molar-refractivity contribution in [3.8, 4) is 16.9 Å². The molecule has 2 aromatic carbocycles. The Balaban J connectivity index is 1.54. The van der Waals surface area contributed by atoms with Crippen LogP contribution in [0.3, 0.4) is 0 Å². The van der Waals surface area contributed by atoms with Crippen LogP contribution in [0.25, 0.3) is 11.1 Å². The van der Waals surface area contributed by atoms with Crippen LogP contribution in [0.5, 0.6) is 5.75 Å². The highest BCUT2D eigenvalue weighted by atomic mass is 16.5. The average molecular weight is 434 g/mol. The fourth-order valence-corrected chi connectivity index (χ4v) is 4.01. The predicted molar refractivity (Wildman–Crippen MR) is 127 cm³/mol. The molecular formula is C25H31N5O2. The summed E-state index contributed by atoms with van der Waals surface area (Å²) in [6.45, 7) is 5.88. The molecule has 1 aliphatic rings. The van der Waals surface area contributed by atoms with Crippen molar-refractivity contribution in [2.75, 3.05) is 32.1 Å². The van der Waals surface area contributed by atoms with Gasteiger partial charge in [0.05, 0.1) is 19.3 Å². The Bertz CT molecular complexity index is 1120. The number of methoxy groups -OCH3 is 1. The molecule has 1 fully saturated rings. The number of nitrogens with zero attached hydrogens (tertiary/aromatic N) is 3. The normalized spacial score (nSPS) is 14.7. The van der Waals surface area contributed by atoms with Gasteiger partial charge >= 0.3 is 0 Å². The topological polar surface area (TPSA) is 71.4 Å². The monoisotopic (exact) mass is 433 g/mol. The number of hydrogen-bond acceptors (Lipinski definition) is 5. The van der Waals surface area contributed by atoms with Gasteiger partial charge < -0.3 is 20.3 Å². The SMILES string of the molecule is CNC1CN(c2ccc(C)c(C(=O)NC(C)c3cc(OC)cc(-c4cnn(C)c4)c3)c2)C1. The highest BCUT2D eigenvalue weighted by molar-refractivity contribution is 5.97. The van der Waals surface area contributed by atoms with E-state index in [4.69, 9.17) is 4.74 Å². The number of aromatic nitrogens is 2. The van der Waals surface area contributed by atoms with E-state index in [1.807, 2.05) is 64.6 Å². The van der Waals surface area contributed by atoms with E-state index >= 15 is 0 Å². The Morgan fingerprint density at radius 2 is 1.97 bits per heavy atom. The fourth-order valence-electron chi connectivity index (χ4n) is 4.01. The molecule has 2 N–H and O–H groups in total. The largest absolute Gasteiger partial charge is 0.497 e. The zero-order valence-electron chi connectivity index (χ0n) is 19.3. The van der Waals surface area contributed by atoms with Gasteiger partial charge in [0.15, 0.2) is 0 Å². The molecule has 1 atom stereocenters. The number of nitrogens with one attached hydrogen (secondary N) is 2. The molecular weight excluding hydrogens is 402 g/mol. The Morgan fingerprint density at radius 3 is 2.62 bits per heavy atom. The van der Waals surface area contributed by atoms with E-state index in [9.17, 15) is 4.79 Å². The Morgan fingerprint density at radius 1 is 1.19 bits per heavy atom. The zero-order valence-corrected chi connectivity index (χ0v) is 19.3. The molecule has 1 saturated heterocycles. The first-order valence-corrected chi connectivity index (χ1v) is 10.9. The molecule has 7 heteroatoms. The average Bonchev–Trinajstić information content (AvgIpc) is 3.20. The third-order valence-corrected chi connectivity index (χ3v) is 6.17. The highest BCUT2D eigenvalue weighted by Gasteiger charge is 2.26. The predicted octanol–water partition coefficient (Wildman–Crippen LogP) is 3.30. The number of ether oxygens (including phenoxy) is 1. The number of anilines is 1. The van der Waals surface area contributed by atoms with Gasteiger partial charge in [-0.2, -0.15) is 5.10 Å². The van der Waals surface area contributed by atoms with Crippen LogP contribution in [0.2, 0.25) is 0 Å². The van der Waals surface area contributed by atoms with Crippen molar-refractivity contribution in [3.63, 3.8) is 0 Å². The second kappa shape index (κ2) is 9.04. The summed E-state index contributed by atoms with van der Waals surface area (Å²) in [7, 11) is 5.53. The van der Waals surface area contributed by atoms with E-state index in [1.54, 1.807) is 11.8 Å². The minimum absolute atomic E-state index is 0.0757. The summed E-state index contributed by atoms with van der Waals surface area (Å²) in [5.74, 6) is 0.672. The van der Waals surface area contributed by atoms with Crippen molar-refractivity contribution in [1.82, 2.24) is 20.4 Å². The van der Waals surface area contributed by atoms with Gasteiger partial charge in [0.2, 0.25) is 0 Å². The molecule has 168 valence electrons. The lowest BCUT2D eigenvalue weighted by Crippen LogP contribution is -2.57. The summed E-state index contributed by atoms with van der Waals surface area (Å²) in [6, 6.07) is 12.4. The molecule has 1 aliphatic heterocycles. The molecule has 2 heterocycles. The number of hydrogen-bond donors (Lipinski definition) is 2. The molecule has 0 saturated carbocycles. The minimum atomic E-state index is -0.186. The van der Waals surface area contributed by atoms with Crippen molar-refractivity contribution in [1.29, 1.82) is 0 Å². The number of carbonyl (C=O) groups is 1. The summed E-state index contributed by atoms with van der Waals surface area (Å²) in [4.78, 5) is 15.5. The van der Waals surface area contributed by atoms with Gasteiger partial charge in [0, 0.05) is 49.2 Å². The molecule has 0 radical (unpaired) electrons. The van der Waals surface area contributed by atoms with E-state index < -0.39 is 0 Å². The maximum absolute atomic E-state index is 13.2. The van der Waals surface area contributed by atoms with Crippen LogP contribution in [-0.2, 0) is 7.05 Å². The summed E-state index contributed by atoms with van der Waals surface area (Å²) in [5.41, 5.74) is 5.74. The maximum Gasteiger partial charge on any atom is 0.252 e. The van der Waals surface area contributed by atoms with Gasteiger partial charge in [-0.15, -0.1) is 0 Å². The van der Waals surface area contributed by atoms with Gasteiger partial charge in [-0.1, -0.05) is 6.07 Å². The van der Waals surface area contributed by atoms with Crippen molar-refractivity contribution in [2.45, 2.75) is 25.9 Å². The number of benzene rings is 2. The first-order chi connectivity index (χ1) is 15.4. The van der Waals surface area contributed by atoms with Crippen LogP contribution in [-0.4, -0.2) is 49.0 Å². The lowest BCUT2D eigenvalue weighted by Gasteiger charge is -2.41. The second-order valence-corrected chi connectivity index (χ2v) is 8.48. The quantitative estimate of drug-likeness (QED) is 0.598. The molecule has 1 amide bonds. The van der Waals surface area contributed by atoms with Crippen LogP contribution in [0.4, 0.5) is 5.69 Å². The molecule has 7 nitrogen and oxygen atoms in total. The second-order valence-electron chi connectivity index (χ2n) is 8.48. The third-order valence-electron chi connectivity index (χ3n) is 6.17. The number of aryl methyl sites for hydroxylation is 2. The van der Waals surface area contributed by atoms with E-state index in [-0.39, 0.29) is 11.9 Å². The van der Waals surface area contributed by atoms with E-state index in [1.165, 1.54) is 0 Å². The standard InChI is InChI=1S/C25H31N5O2/c1-16-6-7-22(30-14-21(15-30)26-3)11-24(16)25(31)28-17(2)18-8-19(10-23(9-18)32-5)20-12-27-29(4)13-20/h6-13,17,21,26H,14-15H2,1-5H3,(H,28,31). The lowest BCUT2D eigenvalue weighted by molar-refractivity contribution is 0.0939. The summed E-state index contributed by atoms with van der Waals surface area (Å²) >= 11 is 0. The molecule has 1 aromatic heterocycles. The third kappa shape index (κ3) is 4.48. The summed E-state index contributed by atoms with van der Waals surface area (Å²) in [5, 5.41) is 10.7. The van der Waals surface area contributed by atoms with Gasteiger partial charge in [-0.3, -0.25) is 9.48 Å². The number of likely N-dealkylation sites (N-methyl/N-ethyl adjacent to an activating group) is 1. The number of amides is 1. The number of rotatable bonds is 7. The van der Waals surface area contributed by atoms with Crippen molar-refractivity contribution in [2.24, 2.45) is 7.05 Å². The van der Waals surface area contributed by atoms with Gasteiger partial charge in [0.1, 0.15) is 5.75 Å². The first kappa shape index (κ1) is 21.9. The molecule has 0 spiro atoms. The Labute approximate surface area is 189 Å². The molecule has 3 aromatic rings. The molecule has 1 unspecified atom stereocenters. The fraction of sp³-hybridized carbons (Fsp3) is 0.360. The van der Waals surface area contributed by atoms with Gasteiger partial charge in [-0.25, -0.2) is 0 Å². The van der Waals surface area contributed by atoms with Crippen LogP contribution in [0.1, 0.15) is 34.5 Å². The van der Waals surface area contributed by atoms with Gasteiger partial charge in [-0.05, 0) is 67.9 Å². The number of carbonyl (C=O) groups excluding carboxylic acids is 1. The minimum Gasteiger partial charge on any atom is -0.497 e. The molecule has 0 aliphatic carbocycles. The summed E-state index contributed by atoms with van der Waals surface area (Å²) in [6.07, 6.45) is 3.79. The first-order valence-electron chi connectivity index (χ1n) is 10.9. The van der Waals surface area contributed by atoms with E-state index in [2.05, 4.69) is 32.8 Å². The maximum atomic E-state index is 13.2. The molecule has 4 rings (SSSR count). The van der Waals surface area contributed by atoms with Crippen LogP contribution < -0.4 is 20.3 Å². The smallest absolute Gasteiger partial charge is 0.252 e. The van der Waals surface area contributed by atoms with Crippen molar-refractivity contribution < 1.29 is 9.53 Å². The van der Waals surface area contributed by atoms with E-state index in [0.29, 0.717) is 11.6 Å². The van der Waals surface area contributed by atoms with Crippen LogP contribution in [0.15, 0.2) is 48.8 Å². The molecule has 32 heavy (non-hydrogen) atoms. The Kier molecular flexibility index (Phi) is 6.19. The lowest BCUT2D eigenvalue weighted by atomic mass is 10.00. The zero-order chi connectivity index (χ0) is 22.8. The van der Waals surface area contributed by atoms with Crippen LogP contribution >= 0.6 is 0 Å². The highest BCUT2D eigenvalue weighted by Crippen LogP contribution is 2.29. The summed E-state index contributed by atoms with van der Waals surface area (Å²) < 4.78 is 7.28. The van der Waals surface area contributed by atoms with Crippen molar-refractivity contribution in [3.05, 3.63) is 65.5 Å². The van der Waals surface area contributed by atoms with Crippen molar-refractivity contribution >= 4 is 11.6 Å². The molecule has 0 bridgehead atoms. The van der Waals surface area contributed by atoms with Crippen LogP contribution in [0, 0.1) is 6.92 Å².